The highest BCUT2D eigenvalue weighted by molar-refractivity contribution is 9.10. The molecule has 20 heavy (non-hydrogen) atoms. The molecule has 0 saturated carbocycles. The van der Waals surface area contributed by atoms with Gasteiger partial charge in [-0.05, 0) is 35.4 Å². The average molecular weight is 349 g/mol. The number of benzene rings is 2. The highest BCUT2D eigenvalue weighted by Crippen LogP contribution is 2.37. The van der Waals surface area contributed by atoms with Crippen molar-refractivity contribution in [3.8, 4) is 0 Å². The molecular weight excluding hydrogens is 340 g/mol. The van der Waals surface area contributed by atoms with Gasteiger partial charge in [0.05, 0.1) is 5.56 Å². The van der Waals surface area contributed by atoms with Crippen LogP contribution >= 0.6 is 15.9 Å². The van der Waals surface area contributed by atoms with Gasteiger partial charge in [-0.25, -0.2) is 4.39 Å². The fourth-order valence-electron chi connectivity index (χ4n) is 1.80. The van der Waals surface area contributed by atoms with E-state index in [0.717, 1.165) is 12.1 Å². The average Bonchev–Trinajstić information content (AvgIpc) is 2.37. The number of aliphatic hydroxyl groups excluding tert-OH is 1. The van der Waals surface area contributed by atoms with Crippen molar-refractivity contribution in [2.45, 2.75) is 12.3 Å². The van der Waals surface area contributed by atoms with Gasteiger partial charge in [0, 0.05) is 4.47 Å². The molecule has 0 aliphatic rings. The molecule has 1 N–H and O–H groups in total. The lowest BCUT2D eigenvalue weighted by atomic mass is 9.99. The summed E-state index contributed by atoms with van der Waals surface area (Å²) in [6.45, 7) is 0. The van der Waals surface area contributed by atoms with E-state index >= 15 is 0 Å². The Bertz CT molecular complexity index is 625. The van der Waals surface area contributed by atoms with Crippen molar-refractivity contribution in [2.75, 3.05) is 0 Å². The molecule has 0 heterocycles. The summed E-state index contributed by atoms with van der Waals surface area (Å²) < 4.78 is 51.3. The third kappa shape index (κ3) is 3.19. The van der Waals surface area contributed by atoms with Crippen LogP contribution in [0.4, 0.5) is 17.6 Å². The van der Waals surface area contributed by atoms with Gasteiger partial charge in [0.25, 0.3) is 0 Å². The second-order valence-corrected chi connectivity index (χ2v) is 5.05. The number of aliphatic hydroxyl groups is 1. The maximum absolute atomic E-state index is 13.1. The smallest absolute Gasteiger partial charge is 0.384 e. The minimum Gasteiger partial charge on any atom is -0.384 e. The molecule has 0 spiro atoms. The zero-order valence-electron chi connectivity index (χ0n) is 9.96. The zero-order valence-corrected chi connectivity index (χ0v) is 11.5. The molecule has 2 aromatic rings. The van der Waals surface area contributed by atoms with Gasteiger partial charge in [-0.3, -0.25) is 0 Å². The van der Waals surface area contributed by atoms with E-state index in [-0.39, 0.29) is 15.6 Å². The first-order valence-corrected chi connectivity index (χ1v) is 6.38. The standard InChI is InChI=1S/C14H9BrF4O/c15-12-5-4-9(7-11(12)14(17,18)19)13(20)8-2-1-3-10(16)6-8/h1-7,13,20H. The third-order valence-electron chi connectivity index (χ3n) is 2.78. The Morgan fingerprint density at radius 1 is 1.00 bits per heavy atom. The normalized spacial score (nSPS) is 13.3. The van der Waals surface area contributed by atoms with Crippen molar-refractivity contribution in [1.29, 1.82) is 0 Å². The Kier molecular flexibility index (Phi) is 4.15. The zero-order chi connectivity index (χ0) is 14.9. The maximum Gasteiger partial charge on any atom is 0.417 e. The van der Waals surface area contributed by atoms with Crippen molar-refractivity contribution in [3.63, 3.8) is 0 Å². The van der Waals surface area contributed by atoms with E-state index in [1.165, 1.54) is 30.3 Å². The van der Waals surface area contributed by atoms with E-state index < -0.39 is 23.7 Å². The van der Waals surface area contributed by atoms with Gasteiger partial charge >= 0.3 is 6.18 Å². The first-order valence-electron chi connectivity index (χ1n) is 5.59. The molecule has 6 heteroatoms. The van der Waals surface area contributed by atoms with Crippen LogP contribution in [0.1, 0.15) is 22.8 Å². The second-order valence-electron chi connectivity index (χ2n) is 4.19. The number of halogens is 5. The minimum absolute atomic E-state index is 0.0473. The monoisotopic (exact) mass is 348 g/mol. The molecule has 0 aliphatic carbocycles. The van der Waals surface area contributed by atoms with Crippen LogP contribution < -0.4 is 0 Å². The summed E-state index contributed by atoms with van der Waals surface area (Å²) in [5.41, 5.74) is -0.642. The van der Waals surface area contributed by atoms with E-state index in [2.05, 4.69) is 15.9 Å². The summed E-state index contributed by atoms with van der Waals surface area (Å²) in [5.74, 6) is -0.560. The molecular formula is C14H9BrF4O. The predicted molar refractivity (Wildman–Crippen MR) is 69.6 cm³/mol. The quantitative estimate of drug-likeness (QED) is 0.780. The lowest BCUT2D eigenvalue weighted by molar-refractivity contribution is -0.138. The summed E-state index contributed by atoms with van der Waals surface area (Å²) in [6.07, 6.45) is -5.85. The van der Waals surface area contributed by atoms with Gasteiger partial charge in [0.1, 0.15) is 11.9 Å². The van der Waals surface area contributed by atoms with Gasteiger partial charge in [-0.1, -0.05) is 34.1 Å². The van der Waals surface area contributed by atoms with E-state index in [9.17, 15) is 22.7 Å². The van der Waals surface area contributed by atoms with Crippen LogP contribution in [0.25, 0.3) is 0 Å². The summed E-state index contributed by atoms with van der Waals surface area (Å²) in [5, 5.41) is 10.0. The highest BCUT2D eigenvalue weighted by Gasteiger charge is 2.33. The second kappa shape index (κ2) is 5.54. The Morgan fingerprint density at radius 2 is 1.65 bits per heavy atom. The van der Waals surface area contributed by atoms with Crippen molar-refractivity contribution >= 4 is 15.9 Å². The number of alkyl halides is 3. The van der Waals surface area contributed by atoms with Gasteiger partial charge in [0.2, 0.25) is 0 Å². The van der Waals surface area contributed by atoms with Crippen LogP contribution in [-0.2, 0) is 6.18 Å². The van der Waals surface area contributed by atoms with Crippen LogP contribution in [0.3, 0.4) is 0 Å². The Hall–Kier alpha value is -1.40. The highest BCUT2D eigenvalue weighted by atomic mass is 79.9. The third-order valence-corrected chi connectivity index (χ3v) is 3.47. The van der Waals surface area contributed by atoms with E-state index in [1.54, 1.807) is 0 Å². The lowest BCUT2D eigenvalue weighted by Crippen LogP contribution is -2.08. The molecule has 0 saturated heterocycles. The molecule has 2 aromatic carbocycles. The summed E-state index contributed by atoms with van der Waals surface area (Å²) in [7, 11) is 0. The molecule has 0 aromatic heterocycles. The van der Waals surface area contributed by atoms with Crippen LogP contribution in [0.5, 0.6) is 0 Å². The molecule has 1 unspecified atom stereocenters. The van der Waals surface area contributed by atoms with Crippen LogP contribution in [0, 0.1) is 5.82 Å². The molecule has 0 amide bonds. The van der Waals surface area contributed by atoms with Crippen LogP contribution in [0.15, 0.2) is 46.9 Å². The fourth-order valence-corrected chi connectivity index (χ4v) is 2.27. The Labute approximate surface area is 121 Å². The van der Waals surface area contributed by atoms with Gasteiger partial charge < -0.3 is 5.11 Å². The Balaban J connectivity index is 2.43. The minimum atomic E-state index is -4.53. The van der Waals surface area contributed by atoms with Crippen LogP contribution in [-0.4, -0.2) is 5.11 Å². The SMILES string of the molecule is OC(c1cccc(F)c1)c1ccc(Br)c(C(F)(F)F)c1. The fraction of sp³-hybridized carbons (Fsp3) is 0.143. The van der Waals surface area contributed by atoms with Gasteiger partial charge in [-0.2, -0.15) is 13.2 Å². The summed E-state index contributed by atoms with van der Waals surface area (Å²) in [4.78, 5) is 0. The molecule has 2 rings (SSSR count). The van der Waals surface area contributed by atoms with E-state index in [0.29, 0.717) is 0 Å². The molecule has 0 fully saturated rings. The van der Waals surface area contributed by atoms with Crippen LogP contribution in [0.2, 0.25) is 0 Å². The van der Waals surface area contributed by atoms with Gasteiger partial charge in [0.15, 0.2) is 0 Å². The maximum atomic E-state index is 13.1. The van der Waals surface area contributed by atoms with Crippen molar-refractivity contribution in [2.24, 2.45) is 0 Å². The molecule has 1 nitrogen and oxygen atoms in total. The van der Waals surface area contributed by atoms with E-state index in [1.807, 2.05) is 0 Å². The first kappa shape index (κ1) is 15.0. The molecule has 0 bridgehead atoms. The van der Waals surface area contributed by atoms with E-state index in [4.69, 9.17) is 0 Å². The number of hydrogen-bond acceptors (Lipinski definition) is 1. The molecule has 0 aliphatic heterocycles. The first-order chi connectivity index (χ1) is 9.29. The van der Waals surface area contributed by atoms with Gasteiger partial charge in [-0.15, -0.1) is 0 Å². The lowest BCUT2D eigenvalue weighted by Gasteiger charge is -2.15. The predicted octanol–water partition coefficient (Wildman–Crippen LogP) is 4.69. The van der Waals surface area contributed by atoms with Crippen molar-refractivity contribution < 1.29 is 22.7 Å². The Morgan fingerprint density at radius 3 is 2.25 bits per heavy atom. The molecule has 1 atom stereocenters. The topological polar surface area (TPSA) is 20.2 Å². The summed E-state index contributed by atoms with van der Waals surface area (Å²) >= 11 is 2.82. The summed E-state index contributed by atoms with van der Waals surface area (Å²) in [6, 6.07) is 8.52. The van der Waals surface area contributed by atoms with Crippen molar-refractivity contribution in [3.05, 3.63) is 69.4 Å². The molecule has 106 valence electrons. The number of hydrogen-bond donors (Lipinski definition) is 1. The molecule has 0 radical (unpaired) electrons. The largest absolute Gasteiger partial charge is 0.417 e. The van der Waals surface area contributed by atoms with Crippen molar-refractivity contribution in [1.82, 2.24) is 0 Å². The number of rotatable bonds is 2.